The van der Waals surface area contributed by atoms with Gasteiger partial charge in [0.1, 0.15) is 17.3 Å². The lowest BCUT2D eigenvalue weighted by Gasteiger charge is -2.43. The molecule has 2 saturated heterocycles. The Morgan fingerprint density at radius 2 is 1.71 bits per heavy atom. The van der Waals surface area contributed by atoms with Crippen LogP contribution in [0.2, 0.25) is 0 Å². The molecule has 0 bridgehead atoms. The van der Waals surface area contributed by atoms with E-state index in [0.29, 0.717) is 49.9 Å². The molecule has 6 heterocycles. The lowest BCUT2D eigenvalue weighted by atomic mass is 9.71. The molecule has 7 rings (SSSR count). The third-order valence-corrected chi connectivity index (χ3v) is 10.1. The number of nitrogens with one attached hydrogen (secondary N) is 1. The number of rotatable bonds is 9. The van der Waals surface area contributed by atoms with Gasteiger partial charge < -0.3 is 32.2 Å². The fourth-order valence-corrected chi connectivity index (χ4v) is 7.29. The van der Waals surface area contributed by atoms with Crippen molar-refractivity contribution in [3.63, 3.8) is 0 Å². The molecule has 14 nitrogen and oxygen atoms in total. The van der Waals surface area contributed by atoms with Crippen LogP contribution in [0, 0.1) is 11.7 Å². The summed E-state index contributed by atoms with van der Waals surface area (Å²) in [5, 5.41) is 16.8. The van der Waals surface area contributed by atoms with Crippen molar-refractivity contribution >= 4 is 29.0 Å². The number of ether oxygens (including phenoxy) is 1. The number of carbonyl (C=O) groups is 3. The highest BCUT2D eigenvalue weighted by Crippen LogP contribution is 2.41. The summed E-state index contributed by atoms with van der Waals surface area (Å²) in [5.41, 5.74) is 18.7. The van der Waals surface area contributed by atoms with Gasteiger partial charge in [-0.3, -0.25) is 19.1 Å². The van der Waals surface area contributed by atoms with Crippen LogP contribution in [0.5, 0.6) is 0 Å². The monoisotopic (exact) mass is 694 g/mol. The highest BCUT2D eigenvalue weighted by molar-refractivity contribution is 6.36. The van der Waals surface area contributed by atoms with Crippen molar-refractivity contribution in [1.82, 2.24) is 35.2 Å². The molecule has 3 aliphatic rings. The Bertz CT molecular complexity index is 1990. The SMILES string of the molecule is NC(=O)C1=C(c2ccc(F)cc2)C(=O)C(C(N)=O)(c2ccc(-c3cc(-c4cnn(C5CCNCC5)c4)cnc3N)nn2)CN1CC1CCOCC1. The number of allylic oxidation sites excluding steroid dienone is 1. The van der Waals surface area contributed by atoms with Crippen LogP contribution in [0.15, 0.2) is 66.8 Å². The highest BCUT2D eigenvalue weighted by atomic mass is 19.1. The minimum atomic E-state index is -2.06. The number of piperidine rings is 1. The normalized spacial score (nSPS) is 20.5. The summed E-state index contributed by atoms with van der Waals surface area (Å²) in [4.78, 5) is 47.3. The molecule has 7 N–H and O–H groups in total. The molecule has 0 aliphatic carbocycles. The fourth-order valence-electron chi connectivity index (χ4n) is 7.29. The van der Waals surface area contributed by atoms with E-state index in [2.05, 4.69) is 25.6 Å². The van der Waals surface area contributed by atoms with E-state index in [4.69, 9.17) is 21.9 Å². The maximum absolute atomic E-state index is 14.6. The first-order valence-corrected chi connectivity index (χ1v) is 17.0. The fraction of sp³-hybridized carbons (Fsp3) is 0.361. The van der Waals surface area contributed by atoms with Crippen molar-refractivity contribution < 1.29 is 23.5 Å². The average molecular weight is 695 g/mol. The van der Waals surface area contributed by atoms with Crippen LogP contribution in [0.4, 0.5) is 10.2 Å². The van der Waals surface area contributed by atoms with E-state index in [9.17, 15) is 18.8 Å². The highest BCUT2D eigenvalue weighted by Gasteiger charge is 2.55. The summed E-state index contributed by atoms with van der Waals surface area (Å²) in [6.45, 7) is 2.94. The molecule has 1 unspecified atom stereocenters. The summed E-state index contributed by atoms with van der Waals surface area (Å²) in [6, 6.07) is 10.3. The van der Waals surface area contributed by atoms with E-state index in [1.54, 1.807) is 23.4 Å². The number of nitrogens with two attached hydrogens (primary N) is 3. The number of nitrogen functional groups attached to an aromatic ring is 1. The van der Waals surface area contributed by atoms with Gasteiger partial charge in [-0.15, -0.1) is 0 Å². The Kier molecular flexibility index (Phi) is 9.31. The number of amides is 2. The van der Waals surface area contributed by atoms with Gasteiger partial charge in [0.2, 0.25) is 5.91 Å². The summed E-state index contributed by atoms with van der Waals surface area (Å²) >= 11 is 0. The number of carbonyl (C=O) groups excluding carboxylic acids is 3. The first-order valence-electron chi connectivity index (χ1n) is 17.0. The number of aromatic nitrogens is 5. The molecule has 4 aromatic rings. The van der Waals surface area contributed by atoms with Gasteiger partial charge in [0.15, 0.2) is 11.2 Å². The predicted molar refractivity (Wildman–Crippen MR) is 186 cm³/mol. The van der Waals surface area contributed by atoms with Crippen LogP contribution >= 0.6 is 0 Å². The zero-order valence-corrected chi connectivity index (χ0v) is 27.9. The molecular weight excluding hydrogens is 655 g/mol. The number of halogens is 1. The second-order valence-electron chi connectivity index (χ2n) is 13.3. The Labute approximate surface area is 293 Å². The van der Waals surface area contributed by atoms with Crippen molar-refractivity contribution in [2.45, 2.75) is 37.1 Å². The van der Waals surface area contributed by atoms with Crippen LogP contribution in [0.25, 0.3) is 28.0 Å². The van der Waals surface area contributed by atoms with E-state index >= 15 is 0 Å². The zero-order chi connectivity index (χ0) is 35.7. The second-order valence-corrected chi connectivity index (χ2v) is 13.3. The van der Waals surface area contributed by atoms with Crippen molar-refractivity contribution in [3.05, 3.63) is 83.8 Å². The number of primary amides is 2. The third kappa shape index (κ3) is 6.45. The van der Waals surface area contributed by atoms with Gasteiger partial charge in [-0.05, 0) is 80.6 Å². The standard InChI is InChI=1S/C36H39FN10O4/c37-25-3-1-22(2-4-25)30-31(34(39)49)46(18-21-9-13-51-14-10-21)20-36(32(30)48,35(40)50)29-6-5-28(44-45-29)27-15-23(16-42-33(27)38)24-17-43-47(19-24)26-7-11-41-12-8-26/h1-6,15-17,19,21,26,41H,7-14,18,20H2,(H2,38,42)(H2,39,49)(H2,40,50). The van der Waals surface area contributed by atoms with Gasteiger partial charge >= 0.3 is 0 Å². The zero-order valence-electron chi connectivity index (χ0n) is 27.9. The molecule has 2 amide bonds. The van der Waals surface area contributed by atoms with E-state index in [1.165, 1.54) is 18.2 Å². The molecule has 0 spiro atoms. The Balaban J connectivity index is 1.27. The van der Waals surface area contributed by atoms with Crippen molar-refractivity contribution in [1.29, 1.82) is 0 Å². The number of nitrogens with zero attached hydrogens (tertiary/aromatic N) is 6. The number of pyridine rings is 1. The predicted octanol–water partition coefficient (Wildman–Crippen LogP) is 1.98. The van der Waals surface area contributed by atoms with Crippen LogP contribution in [0.1, 0.15) is 43.0 Å². The molecule has 2 fully saturated rings. The summed E-state index contributed by atoms with van der Waals surface area (Å²) < 4.78 is 21.5. The van der Waals surface area contributed by atoms with Crippen LogP contribution < -0.4 is 22.5 Å². The molecule has 0 saturated carbocycles. The van der Waals surface area contributed by atoms with Gasteiger partial charge in [-0.25, -0.2) is 9.37 Å². The molecule has 1 aromatic carbocycles. The lowest BCUT2D eigenvalue weighted by Crippen LogP contribution is -2.60. The van der Waals surface area contributed by atoms with E-state index in [1.807, 2.05) is 16.9 Å². The maximum atomic E-state index is 14.6. The van der Waals surface area contributed by atoms with Crippen molar-refractivity contribution in [3.8, 4) is 22.4 Å². The molecule has 15 heteroatoms. The van der Waals surface area contributed by atoms with Gasteiger partial charge in [-0.2, -0.15) is 15.3 Å². The molecular formula is C36H39FN10O4. The molecule has 0 radical (unpaired) electrons. The Morgan fingerprint density at radius 3 is 2.37 bits per heavy atom. The number of ketones is 1. The first kappa shape index (κ1) is 33.9. The van der Waals surface area contributed by atoms with Crippen molar-refractivity contribution in [2.75, 3.05) is 45.1 Å². The van der Waals surface area contributed by atoms with Crippen LogP contribution in [-0.4, -0.2) is 86.9 Å². The average Bonchev–Trinajstić information content (AvgIpc) is 3.64. The van der Waals surface area contributed by atoms with E-state index in [-0.39, 0.29) is 40.8 Å². The molecule has 51 heavy (non-hydrogen) atoms. The van der Waals surface area contributed by atoms with Crippen LogP contribution in [-0.2, 0) is 24.5 Å². The van der Waals surface area contributed by atoms with Gasteiger partial charge in [0.25, 0.3) is 5.91 Å². The smallest absolute Gasteiger partial charge is 0.265 e. The molecule has 1 atom stereocenters. The number of anilines is 1. The second kappa shape index (κ2) is 14.0. The summed E-state index contributed by atoms with van der Waals surface area (Å²) in [5.74, 6) is -2.89. The number of Topliss-reactive ketones (excluding diaryl/α,β-unsaturated/α-hetero) is 1. The maximum Gasteiger partial charge on any atom is 0.265 e. The Hall–Kier alpha value is -5.54. The van der Waals surface area contributed by atoms with Gasteiger partial charge in [0, 0.05) is 55.4 Å². The lowest BCUT2D eigenvalue weighted by molar-refractivity contribution is -0.134. The molecule has 3 aliphatic heterocycles. The number of benzene rings is 1. The third-order valence-electron chi connectivity index (χ3n) is 10.1. The van der Waals surface area contributed by atoms with E-state index in [0.717, 1.165) is 49.2 Å². The quantitative estimate of drug-likeness (QED) is 0.186. The Morgan fingerprint density at radius 1 is 0.961 bits per heavy atom. The minimum Gasteiger partial charge on any atom is -0.383 e. The van der Waals surface area contributed by atoms with E-state index < -0.39 is 28.8 Å². The summed E-state index contributed by atoms with van der Waals surface area (Å²) in [7, 11) is 0. The minimum absolute atomic E-state index is 0.0187. The van der Waals surface area contributed by atoms with Crippen LogP contribution in [0.3, 0.4) is 0 Å². The molecule has 3 aromatic heterocycles. The first-order chi connectivity index (χ1) is 24.7. The largest absolute Gasteiger partial charge is 0.383 e. The topological polar surface area (TPSA) is 210 Å². The summed E-state index contributed by atoms with van der Waals surface area (Å²) in [6.07, 6.45) is 8.83. The van der Waals surface area contributed by atoms with Crippen molar-refractivity contribution in [2.24, 2.45) is 17.4 Å². The molecule has 264 valence electrons. The number of hydrogen-bond donors (Lipinski definition) is 4. The van der Waals surface area contributed by atoms with Gasteiger partial charge in [-0.1, -0.05) is 12.1 Å². The number of hydrogen-bond acceptors (Lipinski definition) is 11. The van der Waals surface area contributed by atoms with Gasteiger partial charge in [0.05, 0.1) is 29.2 Å².